The van der Waals surface area contributed by atoms with Gasteiger partial charge in [0.1, 0.15) is 12.2 Å². The second-order valence-corrected chi connectivity index (χ2v) is 7.26. The van der Waals surface area contributed by atoms with Crippen LogP contribution in [0.5, 0.6) is 6.01 Å². The third-order valence-corrected chi connectivity index (χ3v) is 5.02. The van der Waals surface area contributed by atoms with E-state index in [4.69, 9.17) is 26.2 Å². The van der Waals surface area contributed by atoms with E-state index in [1.54, 1.807) is 6.07 Å². The minimum atomic E-state index is -0.928. The molecule has 1 saturated heterocycles. The molecular weight excluding hydrogens is 426 g/mol. The third-order valence-electron chi connectivity index (χ3n) is 4.20. The van der Waals surface area contributed by atoms with Gasteiger partial charge in [0.2, 0.25) is 0 Å². The van der Waals surface area contributed by atoms with Gasteiger partial charge < -0.3 is 24.7 Å². The molecule has 1 aliphatic rings. The molecule has 1 aliphatic heterocycles. The number of aliphatic hydroxyl groups excluding tert-OH is 2. The molecule has 0 radical (unpaired) electrons. The van der Waals surface area contributed by atoms with Gasteiger partial charge in [-0.25, -0.2) is 4.98 Å². The molecule has 0 spiro atoms. The lowest BCUT2D eigenvalue weighted by atomic mass is 10.1. The zero-order valence-corrected chi connectivity index (χ0v) is 15.7. The predicted octanol–water partition coefficient (Wildman–Crippen LogP) is 2.54. The zero-order valence-electron chi connectivity index (χ0n) is 13.4. The van der Waals surface area contributed by atoms with Crippen molar-refractivity contribution < 1.29 is 19.7 Å². The van der Waals surface area contributed by atoms with Gasteiger partial charge in [0.25, 0.3) is 6.01 Å². The lowest BCUT2D eigenvalue weighted by Crippen LogP contribution is -2.36. The van der Waals surface area contributed by atoms with Crippen LogP contribution in [-0.2, 0) is 4.74 Å². The van der Waals surface area contributed by atoms with Crippen molar-refractivity contribution in [3.8, 4) is 17.3 Å². The van der Waals surface area contributed by atoms with Gasteiger partial charge in [0.15, 0.2) is 11.8 Å². The summed E-state index contributed by atoms with van der Waals surface area (Å²) < 4.78 is 11.9. The quantitative estimate of drug-likeness (QED) is 0.576. The predicted molar refractivity (Wildman–Crippen MR) is 99.3 cm³/mol. The number of benzene rings is 1. The topological polar surface area (TPSA) is 100 Å². The van der Waals surface area contributed by atoms with Crippen molar-refractivity contribution in [2.24, 2.45) is 0 Å². The summed E-state index contributed by atoms with van der Waals surface area (Å²) in [6, 6.07) is 9.60. The average Bonchev–Trinajstić information content (AvgIpc) is 3.18. The molecule has 2 aromatic heterocycles. The molecule has 9 heteroatoms. The van der Waals surface area contributed by atoms with Crippen LogP contribution in [-0.4, -0.2) is 56.7 Å². The monoisotopic (exact) mass is 439 g/mol. The number of H-pyrrole nitrogens is 1. The summed E-state index contributed by atoms with van der Waals surface area (Å²) in [5.74, 6) is 0. The highest BCUT2D eigenvalue weighted by Gasteiger charge is 2.37. The number of hydrogen-bond donors (Lipinski definition) is 3. The first-order valence-corrected chi connectivity index (χ1v) is 9.11. The highest BCUT2D eigenvalue weighted by Crippen LogP contribution is 2.30. The molecule has 26 heavy (non-hydrogen) atoms. The van der Waals surface area contributed by atoms with Crippen LogP contribution in [0, 0.1) is 0 Å². The number of rotatable bonds is 4. The summed E-state index contributed by atoms with van der Waals surface area (Å²) in [5.41, 5.74) is 2.57. The second kappa shape index (κ2) is 7.13. The molecule has 0 bridgehead atoms. The SMILES string of the molecule is OC[C@H]1OC[C@@H](Oc2nc3nc(-c4ccc(Br)cc4)c(Cl)cc3[nH]2)[C@@H]1O. The highest BCUT2D eigenvalue weighted by molar-refractivity contribution is 9.10. The number of nitrogens with one attached hydrogen (secondary N) is 1. The van der Waals surface area contributed by atoms with E-state index < -0.39 is 18.3 Å². The lowest BCUT2D eigenvalue weighted by Gasteiger charge is -2.15. The fourth-order valence-electron chi connectivity index (χ4n) is 2.82. The molecule has 0 unspecified atom stereocenters. The molecule has 136 valence electrons. The molecule has 3 atom stereocenters. The van der Waals surface area contributed by atoms with E-state index in [0.717, 1.165) is 10.0 Å². The van der Waals surface area contributed by atoms with Gasteiger partial charge in [-0.15, -0.1) is 0 Å². The summed E-state index contributed by atoms with van der Waals surface area (Å²) in [5, 5.41) is 19.7. The van der Waals surface area contributed by atoms with Gasteiger partial charge in [-0.2, -0.15) is 4.98 Å². The van der Waals surface area contributed by atoms with Gasteiger partial charge in [0.05, 0.1) is 29.4 Å². The number of halogens is 2. The summed E-state index contributed by atoms with van der Waals surface area (Å²) in [6.07, 6.45) is -2.20. The normalized spacial score (nSPS) is 22.8. The molecule has 1 aromatic carbocycles. The number of pyridine rings is 1. The fraction of sp³-hybridized carbons (Fsp3) is 0.294. The van der Waals surface area contributed by atoms with Crippen molar-refractivity contribution in [3.05, 3.63) is 39.8 Å². The Morgan fingerprint density at radius 2 is 2.08 bits per heavy atom. The number of aromatic nitrogens is 3. The molecule has 3 heterocycles. The van der Waals surface area contributed by atoms with Gasteiger partial charge in [0, 0.05) is 10.0 Å². The van der Waals surface area contributed by atoms with Crippen LogP contribution < -0.4 is 4.74 Å². The lowest BCUT2D eigenvalue weighted by molar-refractivity contribution is -0.00390. The number of hydrogen-bond acceptors (Lipinski definition) is 6. The molecule has 1 fully saturated rings. The summed E-state index contributed by atoms with van der Waals surface area (Å²) in [6.45, 7) is -0.101. The summed E-state index contributed by atoms with van der Waals surface area (Å²) in [7, 11) is 0. The second-order valence-electron chi connectivity index (χ2n) is 5.94. The Bertz CT molecular complexity index is 934. The van der Waals surface area contributed by atoms with Crippen molar-refractivity contribution in [2.75, 3.05) is 13.2 Å². The largest absolute Gasteiger partial charge is 0.456 e. The number of aliphatic hydroxyl groups is 2. The van der Waals surface area contributed by atoms with Crippen molar-refractivity contribution in [1.82, 2.24) is 15.0 Å². The maximum atomic E-state index is 10.1. The Kier molecular flexibility index (Phi) is 4.85. The third kappa shape index (κ3) is 3.30. The molecule has 0 amide bonds. The molecule has 7 nitrogen and oxygen atoms in total. The van der Waals surface area contributed by atoms with E-state index >= 15 is 0 Å². The van der Waals surface area contributed by atoms with Crippen LogP contribution in [0.4, 0.5) is 0 Å². The van der Waals surface area contributed by atoms with Crippen LogP contribution in [0.2, 0.25) is 5.02 Å². The van der Waals surface area contributed by atoms with Crippen molar-refractivity contribution >= 4 is 38.7 Å². The Morgan fingerprint density at radius 3 is 2.77 bits per heavy atom. The maximum absolute atomic E-state index is 10.1. The van der Waals surface area contributed by atoms with Crippen molar-refractivity contribution in [3.63, 3.8) is 0 Å². The Hall–Kier alpha value is -1.71. The molecule has 3 aromatic rings. The summed E-state index contributed by atoms with van der Waals surface area (Å²) >= 11 is 9.77. The van der Waals surface area contributed by atoms with Gasteiger partial charge in [-0.3, -0.25) is 0 Å². The number of imidazole rings is 1. The van der Waals surface area contributed by atoms with Crippen LogP contribution in [0.15, 0.2) is 34.8 Å². The van der Waals surface area contributed by atoms with Crippen LogP contribution in [0.25, 0.3) is 22.4 Å². The van der Waals surface area contributed by atoms with E-state index in [0.29, 0.717) is 21.9 Å². The highest BCUT2D eigenvalue weighted by atomic mass is 79.9. The van der Waals surface area contributed by atoms with E-state index in [9.17, 15) is 5.11 Å². The van der Waals surface area contributed by atoms with Crippen LogP contribution in [0.3, 0.4) is 0 Å². The standard InChI is InChI=1S/C17H15BrClN3O4/c18-9-3-1-8(2-4-9)14-10(19)5-11-16(21-14)22-17(20-11)26-13-7-25-12(6-23)15(13)24/h1-5,12-13,15,23-24H,6-7H2,(H,20,21,22)/t12-,13-,15-/m1/s1. The molecule has 0 saturated carbocycles. The average molecular weight is 441 g/mol. The van der Waals surface area contributed by atoms with Crippen molar-refractivity contribution in [1.29, 1.82) is 0 Å². The van der Waals surface area contributed by atoms with E-state index in [2.05, 4.69) is 30.9 Å². The molecular formula is C17H15BrClN3O4. The van der Waals surface area contributed by atoms with E-state index in [1.165, 1.54) is 0 Å². The molecule has 0 aliphatic carbocycles. The number of nitrogens with zero attached hydrogens (tertiary/aromatic N) is 2. The molecule has 4 rings (SSSR count). The van der Waals surface area contributed by atoms with Gasteiger partial charge in [-0.05, 0) is 18.2 Å². The van der Waals surface area contributed by atoms with Crippen LogP contribution in [0.1, 0.15) is 0 Å². The first kappa shape index (κ1) is 17.7. The first-order chi connectivity index (χ1) is 12.5. The number of aromatic amines is 1. The Morgan fingerprint density at radius 1 is 1.31 bits per heavy atom. The van der Waals surface area contributed by atoms with Gasteiger partial charge >= 0.3 is 0 Å². The maximum Gasteiger partial charge on any atom is 0.296 e. The number of ether oxygens (including phenoxy) is 2. The fourth-order valence-corrected chi connectivity index (χ4v) is 3.35. The van der Waals surface area contributed by atoms with E-state index in [1.807, 2.05) is 24.3 Å². The Balaban J connectivity index is 1.62. The van der Waals surface area contributed by atoms with Gasteiger partial charge in [-0.1, -0.05) is 39.7 Å². The first-order valence-electron chi connectivity index (χ1n) is 7.94. The minimum Gasteiger partial charge on any atom is -0.456 e. The smallest absolute Gasteiger partial charge is 0.296 e. The van der Waals surface area contributed by atoms with E-state index in [-0.39, 0.29) is 19.2 Å². The Labute approximate surface area is 162 Å². The zero-order chi connectivity index (χ0) is 18.3. The minimum absolute atomic E-state index is 0.168. The number of fused-ring (bicyclic) bond motifs is 1. The molecule has 3 N–H and O–H groups in total. The summed E-state index contributed by atoms with van der Waals surface area (Å²) in [4.78, 5) is 11.8. The van der Waals surface area contributed by atoms with Crippen molar-refractivity contribution in [2.45, 2.75) is 18.3 Å². The van der Waals surface area contributed by atoms with Crippen LogP contribution >= 0.6 is 27.5 Å².